The molecule has 0 saturated heterocycles. The third-order valence-corrected chi connectivity index (χ3v) is 5.00. The molecule has 0 amide bonds. The van der Waals surface area contributed by atoms with Gasteiger partial charge < -0.3 is 14.4 Å². The predicted octanol–water partition coefficient (Wildman–Crippen LogP) is 6.56. The van der Waals surface area contributed by atoms with Gasteiger partial charge in [0.25, 0.3) is 0 Å². The lowest BCUT2D eigenvalue weighted by Gasteiger charge is -2.08. The summed E-state index contributed by atoms with van der Waals surface area (Å²) >= 11 is 0. The third kappa shape index (κ3) is 8.84. The van der Waals surface area contributed by atoms with E-state index in [1.807, 2.05) is 36.4 Å². The second-order valence-corrected chi connectivity index (χ2v) is 7.30. The van der Waals surface area contributed by atoms with Gasteiger partial charge in [0.15, 0.2) is 0 Å². The van der Waals surface area contributed by atoms with Gasteiger partial charge >= 0.3 is 7.69 Å². The van der Waals surface area contributed by atoms with Crippen LogP contribution in [0.5, 0.6) is 11.5 Å². The molecule has 4 heteroatoms. The molecule has 0 aromatic heterocycles. The molecule has 0 atom stereocenters. The fraction of sp³-hybridized carbons (Fsp3) is 0.500. The maximum Gasteiger partial charge on any atom is 0.569 e. The fourth-order valence-corrected chi connectivity index (χ4v) is 3.31. The molecule has 2 aromatic carbocycles. The number of hydrogen-bond acceptors (Lipinski definition) is 3. The van der Waals surface area contributed by atoms with E-state index >= 15 is 0 Å². The smallest absolute Gasteiger partial charge is 0.537 e. The zero-order chi connectivity index (χ0) is 19.9. The molecule has 0 saturated carbocycles. The fourth-order valence-electron chi connectivity index (χ4n) is 3.31. The summed E-state index contributed by atoms with van der Waals surface area (Å²) in [6.07, 6.45) is 13.4. The van der Waals surface area contributed by atoms with Gasteiger partial charge in [-0.15, -0.1) is 0 Å². The molecule has 0 aliphatic heterocycles. The second kappa shape index (κ2) is 14.1. The van der Waals surface area contributed by atoms with Gasteiger partial charge in [0, 0.05) is 0 Å². The quantitative estimate of drug-likeness (QED) is 0.280. The van der Waals surface area contributed by atoms with E-state index in [2.05, 4.69) is 19.1 Å². The lowest BCUT2D eigenvalue weighted by Crippen LogP contribution is -1.99. The number of ether oxygens (including phenoxy) is 1. The Kier molecular flexibility index (Phi) is 11.3. The van der Waals surface area contributed by atoms with E-state index in [4.69, 9.17) is 14.4 Å². The lowest BCUT2D eigenvalue weighted by molar-refractivity contribution is 0.304. The van der Waals surface area contributed by atoms with Gasteiger partial charge in [-0.25, -0.2) is 0 Å². The Morgan fingerprint density at radius 2 is 1.11 bits per heavy atom. The van der Waals surface area contributed by atoms with Crippen LogP contribution in [0.3, 0.4) is 0 Å². The molecule has 0 spiro atoms. The van der Waals surface area contributed by atoms with E-state index in [1.165, 1.54) is 57.8 Å². The first-order chi connectivity index (χ1) is 13.8. The molecule has 2 aromatic rings. The molecule has 0 bridgehead atoms. The first kappa shape index (κ1) is 22.4. The van der Waals surface area contributed by atoms with Crippen molar-refractivity contribution in [1.82, 2.24) is 0 Å². The van der Waals surface area contributed by atoms with Gasteiger partial charge in [-0.3, -0.25) is 0 Å². The van der Waals surface area contributed by atoms with Crippen LogP contribution in [-0.2, 0) is 0 Å². The monoisotopic (exact) mass is 381 g/mol. The van der Waals surface area contributed by atoms with Crippen molar-refractivity contribution < 1.29 is 14.4 Å². The first-order valence-corrected chi connectivity index (χ1v) is 10.8. The first-order valence-electron chi connectivity index (χ1n) is 10.8. The minimum Gasteiger partial charge on any atom is -0.537 e. The van der Waals surface area contributed by atoms with E-state index in [0.717, 1.165) is 29.9 Å². The van der Waals surface area contributed by atoms with Gasteiger partial charge in [-0.1, -0.05) is 89.0 Å². The summed E-state index contributed by atoms with van der Waals surface area (Å²) in [6, 6.07) is 15.8. The Morgan fingerprint density at radius 3 is 1.61 bits per heavy atom. The van der Waals surface area contributed by atoms with E-state index in [1.54, 1.807) is 0 Å². The van der Waals surface area contributed by atoms with Crippen molar-refractivity contribution in [3.8, 4) is 22.6 Å². The van der Waals surface area contributed by atoms with Crippen molar-refractivity contribution in [3.63, 3.8) is 0 Å². The van der Waals surface area contributed by atoms with E-state index in [9.17, 15) is 0 Å². The number of unbranched alkanes of at least 4 members (excludes halogenated alkanes) is 9. The van der Waals surface area contributed by atoms with Crippen LogP contribution in [0.15, 0.2) is 48.5 Å². The van der Waals surface area contributed by atoms with Crippen LogP contribution in [0, 0.1) is 0 Å². The zero-order valence-corrected chi connectivity index (χ0v) is 17.2. The van der Waals surface area contributed by atoms with E-state index in [0.29, 0.717) is 13.4 Å². The highest BCUT2D eigenvalue weighted by atomic mass is 16.5. The summed E-state index contributed by atoms with van der Waals surface area (Å²) in [5.41, 5.74) is 2.23. The molecule has 3 nitrogen and oxygen atoms in total. The van der Waals surface area contributed by atoms with Gasteiger partial charge in [-0.2, -0.15) is 0 Å². The second-order valence-electron chi connectivity index (χ2n) is 7.30. The SMILES string of the molecule is CCCCCCCCCCCCOc1ccc(-c2ccc(O[B]O)cc2)cc1. The Balaban J connectivity index is 1.57. The van der Waals surface area contributed by atoms with Gasteiger partial charge in [0.05, 0.1) is 6.61 Å². The molecule has 1 radical (unpaired) electrons. The summed E-state index contributed by atoms with van der Waals surface area (Å²) in [5.74, 6) is 1.54. The van der Waals surface area contributed by atoms with Gasteiger partial charge in [0.2, 0.25) is 0 Å². The van der Waals surface area contributed by atoms with Gasteiger partial charge in [0.1, 0.15) is 11.5 Å². The number of hydrogen-bond donors (Lipinski definition) is 1. The molecule has 0 fully saturated rings. The van der Waals surface area contributed by atoms with Crippen molar-refractivity contribution >= 4 is 7.69 Å². The zero-order valence-electron chi connectivity index (χ0n) is 17.2. The molecular formula is C24H34BO3. The van der Waals surface area contributed by atoms with Crippen molar-refractivity contribution in [2.24, 2.45) is 0 Å². The van der Waals surface area contributed by atoms with E-state index < -0.39 is 0 Å². The van der Waals surface area contributed by atoms with Crippen LogP contribution in [0.2, 0.25) is 0 Å². The van der Waals surface area contributed by atoms with E-state index in [-0.39, 0.29) is 0 Å². The van der Waals surface area contributed by atoms with Crippen LogP contribution in [0.25, 0.3) is 11.1 Å². The largest absolute Gasteiger partial charge is 0.569 e. The summed E-state index contributed by atoms with van der Waals surface area (Å²) < 4.78 is 10.8. The maximum absolute atomic E-state index is 8.65. The molecule has 0 aliphatic carbocycles. The highest BCUT2D eigenvalue weighted by Crippen LogP contribution is 2.24. The standard InChI is InChI=1S/C24H34BO3/c1-2-3-4-5-6-7-8-9-10-11-20-27-23-16-12-21(13-17-23)22-14-18-24(19-15-22)28-25-26/h12-19,26H,2-11,20H2,1H3. The molecule has 0 heterocycles. The summed E-state index contributed by atoms with van der Waals surface area (Å²) in [4.78, 5) is 0. The Labute approximate surface area is 171 Å². The average Bonchev–Trinajstić information content (AvgIpc) is 2.73. The van der Waals surface area contributed by atoms with Crippen molar-refractivity contribution in [3.05, 3.63) is 48.5 Å². The summed E-state index contributed by atoms with van der Waals surface area (Å²) in [6.45, 7) is 3.06. The molecular weight excluding hydrogens is 347 g/mol. The number of benzene rings is 2. The maximum atomic E-state index is 8.65. The minimum atomic E-state index is 0.614. The normalized spacial score (nSPS) is 10.6. The van der Waals surface area contributed by atoms with Gasteiger partial charge in [-0.05, 0) is 41.8 Å². The molecule has 0 aliphatic rings. The minimum absolute atomic E-state index is 0.614. The molecule has 151 valence electrons. The molecule has 28 heavy (non-hydrogen) atoms. The number of rotatable bonds is 15. The van der Waals surface area contributed by atoms with Crippen molar-refractivity contribution in [1.29, 1.82) is 0 Å². The average molecular weight is 381 g/mol. The van der Waals surface area contributed by atoms with Crippen LogP contribution in [0.4, 0.5) is 0 Å². The Hall–Kier alpha value is -1.94. The highest BCUT2D eigenvalue weighted by molar-refractivity contribution is 6.17. The molecule has 0 unspecified atom stereocenters. The summed E-state index contributed by atoms with van der Waals surface area (Å²) in [5, 5.41) is 8.65. The van der Waals surface area contributed by atoms with Crippen LogP contribution >= 0.6 is 0 Å². The third-order valence-electron chi connectivity index (χ3n) is 5.00. The summed E-state index contributed by atoms with van der Waals surface area (Å²) in [7, 11) is 0.690. The molecule has 1 N–H and O–H groups in total. The molecule has 2 rings (SSSR count). The van der Waals surface area contributed by atoms with Crippen LogP contribution in [0.1, 0.15) is 71.1 Å². The Bertz CT molecular complexity index is 625. The van der Waals surface area contributed by atoms with Crippen LogP contribution < -0.4 is 9.39 Å². The van der Waals surface area contributed by atoms with Crippen molar-refractivity contribution in [2.75, 3.05) is 6.61 Å². The highest BCUT2D eigenvalue weighted by Gasteiger charge is 2.01. The van der Waals surface area contributed by atoms with Crippen molar-refractivity contribution in [2.45, 2.75) is 71.1 Å². The topological polar surface area (TPSA) is 38.7 Å². The Morgan fingerprint density at radius 1 is 0.643 bits per heavy atom. The lowest BCUT2D eigenvalue weighted by atomic mass is 10.1. The van der Waals surface area contributed by atoms with Crippen LogP contribution in [-0.4, -0.2) is 19.3 Å². The predicted molar refractivity (Wildman–Crippen MR) is 118 cm³/mol.